The first-order chi connectivity index (χ1) is 9.78. The highest BCUT2D eigenvalue weighted by atomic mass is 16.3. The highest BCUT2D eigenvalue weighted by Gasteiger charge is 2.31. The molecule has 112 valence electrons. The van der Waals surface area contributed by atoms with Crippen molar-refractivity contribution in [1.29, 1.82) is 0 Å². The Morgan fingerprint density at radius 3 is 2.35 bits per heavy atom. The molecule has 1 aliphatic carbocycles. The largest absolute Gasteiger partial charge is 0.396 e. The second kappa shape index (κ2) is 7.77. The number of benzene rings is 1. The fourth-order valence-corrected chi connectivity index (χ4v) is 3.15. The minimum absolute atomic E-state index is 0.0301. The van der Waals surface area contributed by atoms with Crippen LogP contribution in [-0.4, -0.2) is 36.0 Å². The molecule has 0 saturated heterocycles. The van der Waals surface area contributed by atoms with E-state index in [2.05, 4.69) is 17.4 Å². The van der Waals surface area contributed by atoms with Crippen LogP contribution in [0, 0.1) is 5.41 Å². The van der Waals surface area contributed by atoms with Crippen LogP contribution in [0.15, 0.2) is 30.3 Å². The maximum absolute atomic E-state index is 9.71. The van der Waals surface area contributed by atoms with Crippen molar-refractivity contribution in [2.24, 2.45) is 5.41 Å². The van der Waals surface area contributed by atoms with Crippen LogP contribution >= 0.6 is 0 Å². The average molecular weight is 277 g/mol. The van der Waals surface area contributed by atoms with Gasteiger partial charge in [0.25, 0.3) is 0 Å². The molecule has 1 aromatic carbocycles. The molecule has 0 aromatic heterocycles. The number of hydrogen-bond donors (Lipinski definition) is 3. The Hall–Kier alpha value is -0.900. The molecule has 3 nitrogen and oxygen atoms in total. The van der Waals surface area contributed by atoms with E-state index < -0.39 is 0 Å². The van der Waals surface area contributed by atoms with Crippen LogP contribution in [0.5, 0.6) is 0 Å². The van der Waals surface area contributed by atoms with Crippen molar-refractivity contribution in [1.82, 2.24) is 5.32 Å². The fraction of sp³-hybridized carbons (Fsp3) is 0.647. The average Bonchev–Trinajstić information content (AvgIpc) is 2.53. The summed E-state index contributed by atoms with van der Waals surface area (Å²) in [5.41, 5.74) is 1.27. The molecule has 3 heteroatoms. The molecule has 1 atom stereocenters. The van der Waals surface area contributed by atoms with Gasteiger partial charge in [0.2, 0.25) is 0 Å². The molecular formula is C17H27NO2. The van der Waals surface area contributed by atoms with Gasteiger partial charge in [0.15, 0.2) is 0 Å². The van der Waals surface area contributed by atoms with E-state index in [4.69, 9.17) is 0 Å². The van der Waals surface area contributed by atoms with E-state index >= 15 is 0 Å². The quantitative estimate of drug-likeness (QED) is 0.715. The Kier molecular flexibility index (Phi) is 6.02. The van der Waals surface area contributed by atoms with Crippen LogP contribution < -0.4 is 5.32 Å². The summed E-state index contributed by atoms with van der Waals surface area (Å²) in [5.74, 6) is 0. The van der Waals surface area contributed by atoms with Gasteiger partial charge in [-0.15, -0.1) is 0 Å². The fourth-order valence-electron chi connectivity index (χ4n) is 3.15. The van der Waals surface area contributed by atoms with E-state index in [-0.39, 0.29) is 24.7 Å². The van der Waals surface area contributed by atoms with Crippen LogP contribution in [0.25, 0.3) is 0 Å². The van der Waals surface area contributed by atoms with Crippen molar-refractivity contribution in [2.75, 3.05) is 19.8 Å². The lowest BCUT2D eigenvalue weighted by atomic mass is 9.74. The third kappa shape index (κ3) is 4.30. The van der Waals surface area contributed by atoms with E-state index in [1.54, 1.807) is 0 Å². The Labute approximate surface area is 122 Å². The zero-order chi connectivity index (χ0) is 14.3. The SMILES string of the molecule is OC[C@H](Cc1ccccc1)NCC1(CO)CCCCC1. The molecule has 0 unspecified atom stereocenters. The van der Waals surface area contributed by atoms with Crippen molar-refractivity contribution in [3.63, 3.8) is 0 Å². The zero-order valence-corrected chi connectivity index (χ0v) is 12.2. The smallest absolute Gasteiger partial charge is 0.0587 e. The van der Waals surface area contributed by atoms with Gasteiger partial charge in [0.1, 0.15) is 0 Å². The first-order valence-corrected chi connectivity index (χ1v) is 7.77. The molecule has 2 rings (SSSR count). The molecule has 0 aliphatic heterocycles. The van der Waals surface area contributed by atoms with Gasteiger partial charge in [-0.2, -0.15) is 0 Å². The molecular weight excluding hydrogens is 250 g/mol. The van der Waals surface area contributed by atoms with Gasteiger partial charge in [0.05, 0.1) is 6.61 Å². The second-order valence-corrected chi connectivity index (χ2v) is 6.17. The predicted molar refractivity (Wildman–Crippen MR) is 81.6 cm³/mol. The number of hydrogen-bond acceptors (Lipinski definition) is 3. The van der Waals surface area contributed by atoms with Crippen molar-refractivity contribution in [2.45, 2.75) is 44.6 Å². The summed E-state index contributed by atoms with van der Waals surface area (Å²) in [6, 6.07) is 10.3. The summed E-state index contributed by atoms with van der Waals surface area (Å²) in [6.45, 7) is 1.20. The number of aliphatic hydroxyl groups is 2. The molecule has 0 bridgehead atoms. The van der Waals surface area contributed by atoms with Crippen molar-refractivity contribution in [3.05, 3.63) is 35.9 Å². The van der Waals surface area contributed by atoms with Gasteiger partial charge in [-0.05, 0) is 24.8 Å². The Morgan fingerprint density at radius 2 is 1.75 bits per heavy atom. The first-order valence-electron chi connectivity index (χ1n) is 7.77. The number of rotatable bonds is 7. The lowest BCUT2D eigenvalue weighted by Crippen LogP contribution is -2.45. The summed E-state index contributed by atoms with van der Waals surface area (Å²) in [6.07, 6.45) is 6.74. The standard InChI is InChI=1S/C17H27NO2/c19-12-16(11-15-7-3-1-4-8-15)18-13-17(14-20)9-5-2-6-10-17/h1,3-4,7-8,16,18-20H,2,5-6,9-14H2/t16-/m0/s1. The first kappa shape index (κ1) is 15.5. The minimum Gasteiger partial charge on any atom is -0.396 e. The van der Waals surface area contributed by atoms with E-state index in [9.17, 15) is 10.2 Å². The molecule has 0 spiro atoms. The molecule has 1 fully saturated rings. The summed E-state index contributed by atoms with van der Waals surface area (Å²) in [7, 11) is 0. The minimum atomic E-state index is 0.0301. The highest BCUT2D eigenvalue weighted by Crippen LogP contribution is 2.35. The van der Waals surface area contributed by atoms with Gasteiger partial charge in [0, 0.05) is 24.6 Å². The van der Waals surface area contributed by atoms with Gasteiger partial charge in [-0.1, -0.05) is 49.6 Å². The normalized spacial score (nSPS) is 19.7. The number of aliphatic hydroxyl groups excluding tert-OH is 2. The molecule has 0 radical (unpaired) electrons. The van der Waals surface area contributed by atoms with Crippen molar-refractivity contribution >= 4 is 0 Å². The highest BCUT2D eigenvalue weighted by molar-refractivity contribution is 5.15. The Balaban J connectivity index is 1.86. The van der Waals surface area contributed by atoms with Gasteiger partial charge >= 0.3 is 0 Å². The molecule has 3 N–H and O–H groups in total. The molecule has 1 saturated carbocycles. The lowest BCUT2D eigenvalue weighted by Gasteiger charge is -2.37. The second-order valence-electron chi connectivity index (χ2n) is 6.17. The summed E-state index contributed by atoms with van der Waals surface area (Å²) in [5, 5.41) is 22.7. The van der Waals surface area contributed by atoms with Crippen LogP contribution in [0.4, 0.5) is 0 Å². The maximum Gasteiger partial charge on any atom is 0.0587 e. The third-order valence-corrected chi connectivity index (χ3v) is 4.56. The molecule has 0 amide bonds. The van der Waals surface area contributed by atoms with Crippen molar-refractivity contribution in [3.8, 4) is 0 Å². The molecule has 1 aliphatic rings. The number of nitrogens with one attached hydrogen (secondary N) is 1. The summed E-state index contributed by atoms with van der Waals surface area (Å²) in [4.78, 5) is 0. The maximum atomic E-state index is 9.71. The summed E-state index contributed by atoms with van der Waals surface area (Å²) >= 11 is 0. The van der Waals surface area contributed by atoms with Crippen LogP contribution in [0.3, 0.4) is 0 Å². The van der Waals surface area contributed by atoms with Crippen LogP contribution in [0.2, 0.25) is 0 Å². The van der Waals surface area contributed by atoms with Crippen LogP contribution in [-0.2, 0) is 6.42 Å². The van der Waals surface area contributed by atoms with Gasteiger partial charge in [-0.3, -0.25) is 0 Å². The molecule has 20 heavy (non-hydrogen) atoms. The van der Waals surface area contributed by atoms with Gasteiger partial charge in [-0.25, -0.2) is 0 Å². The van der Waals surface area contributed by atoms with Crippen LogP contribution in [0.1, 0.15) is 37.7 Å². The third-order valence-electron chi connectivity index (χ3n) is 4.56. The Bertz CT molecular complexity index is 374. The van der Waals surface area contributed by atoms with Gasteiger partial charge < -0.3 is 15.5 Å². The van der Waals surface area contributed by atoms with E-state index in [1.807, 2.05) is 18.2 Å². The molecule has 1 aromatic rings. The summed E-state index contributed by atoms with van der Waals surface area (Å²) < 4.78 is 0. The van der Waals surface area contributed by atoms with E-state index in [0.717, 1.165) is 25.8 Å². The van der Waals surface area contributed by atoms with E-state index in [1.165, 1.54) is 24.8 Å². The predicted octanol–water partition coefficient (Wildman–Crippen LogP) is 2.12. The zero-order valence-electron chi connectivity index (χ0n) is 12.2. The monoisotopic (exact) mass is 277 g/mol. The lowest BCUT2D eigenvalue weighted by molar-refractivity contribution is 0.0749. The molecule has 0 heterocycles. The topological polar surface area (TPSA) is 52.5 Å². The van der Waals surface area contributed by atoms with E-state index in [0.29, 0.717) is 0 Å². The Morgan fingerprint density at radius 1 is 1.05 bits per heavy atom. The van der Waals surface area contributed by atoms with Crippen molar-refractivity contribution < 1.29 is 10.2 Å².